The molecule has 0 N–H and O–H groups in total. The smallest absolute Gasteiger partial charge is 0.256 e. The van der Waals surface area contributed by atoms with E-state index in [1.165, 1.54) is 6.33 Å². The van der Waals surface area contributed by atoms with Gasteiger partial charge in [0.15, 0.2) is 0 Å². The third-order valence-electron chi connectivity index (χ3n) is 3.39. The molecule has 2 atom stereocenters. The molecule has 6 nitrogen and oxygen atoms in total. The fourth-order valence-electron chi connectivity index (χ4n) is 2.44. The molecule has 1 aliphatic carbocycles. The lowest BCUT2D eigenvalue weighted by atomic mass is 9.95. The van der Waals surface area contributed by atoms with Gasteiger partial charge >= 0.3 is 0 Å². The molecule has 3 rings (SSSR count). The maximum absolute atomic E-state index is 6.00. The molecule has 0 amide bonds. The second-order valence-corrected chi connectivity index (χ2v) is 5.04. The van der Waals surface area contributed by atoms with E-state index in [9.17, 15) is 0 Å². The molecule has 2 unspecified atom stereocenters. The van der Waals surface area contributed by atoms with Crippen molar-refractivity contribution < 1.29 is 9.47 Å². The average molecular weight is 283 g/mol. The van der Waals surface area contributed by atoms with Crippen molar-refractivity contribution in [1.29, 1.82) is 0 Å². The van der Waals surface area contributed by atoms with Gasteiger partial charge in [-0.05, 0) is 19.3 Å². The van der Waals surface area contributed by atoms with Gasteiger partial charge in [0.25, 0.3) is 5.78 Å². The minimum atomic E-state index is 0.115. The molecule has 0 saturated heterocycles. The Morgan fingerprint density at radius 1 is 1.37 bits per heavy atom. The van der Waals surface area contributed by atoms with E-state index in [0.29, 0.717) is 16.8 Å². The van der Waals surface area contributed by atoms with Crippen molar-refractivity contribution >= 4 is 17.4 Å². The van der Waals surface area contributed by atoms with Crippen LogP contribution in [0.15, 0.2) is 12.4 Å². The minimum Gasteiger partial charge on any atom is -0.474 e. The Morgan fingerprint density at radius 3 is 3.05 bits per heavy atom. The number of nitrogens with zero attached hydrogens (tertiary/aromatic N) is 4. The zero-order chi connectivity index (χ0) is 13.2. The molecule has 0 aliphatic heterocycles. The van der Waals surface area contributed by atoms with Crippen LogP contribution in [-0.2, 0) is 4.74 Å². The van der Waals surface area contributed by atoms with Crippen LogP contribution in [-0.4, -0.2) is 38.9 Å². The number of rotatable bonds is 3. The van der Waals surface area contributed by atoms with Crippen LogP contribution in [0.4, 0.5) is 0 Å². The van der Waals surface area contributed by atoms with Crippen LogP contribution in [0.5, 0.6) is 5.88 Å². The van der Waals surface area contributed by atoms with Crippen molar-refractivity contribution in [3.63, 3.8) is 0 Å². The van der Waals surface area contributed by atoms with Gasteiger partial charge in [0.05, 0.1) is 6.10 Å². The van der Waals surface area contributed by atoms with Crippen molar-refractivity contribution in [3.05, 3.63) is 17.5 Å². The van der Waals surface area contributed by atoms with Crippen molar-refractivity contribution in [3.8, 4) is 5.88 Å². The molecule has 1 fully saturated rings. The molecule has 2 heterocycles. The third-order valence-corrected chi connectivity index (χ3v) is 3.58. The summed E-state index contributed by atoms with van der Waals surface area (Å²) in [5, 5.41) is 4.45. The van der Waals surface area contributed by atoms with E-state index in [1.54, 1.807) is 17.7 Å². The molecule has 102 valence electrons. The monoisotopic (exact) mass is 282 g/mol. The number of hydrogen-bond donors (Lipinski definition) is 0. The Balaban J connectivity index is 1.82. The first-order valence-corrected chi connectivity index (χ1v) is 6.70. The molecule has 7 heteroatoms. The van der Waals surface area contributed by atoms with E-state index < -0.39 is 0 Å². The van der Waals surface area contributed by atoms with E-state index in [0.717, 1.165) is 25.7 Å². The van der Waals surface area contributed by atoms with E-state index in [4.69, 9.17) is 21.1 Å². The van der Waals surface area contributed by atoms with Crippen molar-refractivity contribution in [2.45, 2.75) is 37.9 Å². The van der Waals surface area contributed by atoms with Gasteiger partial charge in [0.2, 0.25) is 5.88 Å². The van der Waals surface area contributed by atoms with Crippen LogP contribution < -0.4 is 4.74 Å². The van der Waals surface area contributed by atoms with Gasteiger partial charge in [-0.15, -0.1) is 0 Å². The van der Waals surface area contributed by atoms with E-state index >= 15 is 0 Å². The fraction of sp³-hybridized carbons (Fsp3) is 0.583. The summed E-state index contributed by atoms with van der Waals surface area (Å²) in [5.41, 5.74) is 0. The molecule has 0 aromatic carbocycles. The van der Waals surface area contributed by atoms with E-state index in [-0.39, 0.29) is 12.2 Å². The first-order valence-electron chi connectivity index (χ1n) is 6.32. The number of fused-ring (bicyclic) bond motifs is 1. The minimum absolute atomic E-state index is 0.115. The Morgan fingerprint density at radius 2 is 2.21 bits per heavy atom. The first kappa shape index (κ1) is 12.6. The van der Waals surface area contributed by atoms with Gasteiger partial charge < -0.3 is 9.47 Å². The molecule has 0 bridgehead atoms. The highest BCUT2D eigenvalue weighted by atomic mass is 35.5. The largest absolute Gasteiger partial charge is 0.474 e. The highest BCUT2D eigenvalue weighted by molar-refractivity contribution is 6.29. The number of aromatic nitrogens is 4. The van der Waals surface area contributed by atoms with Crippen molar-refractivity contribution in [2.24, 2.45) is 0 Å². The quantitative estimate of drug-likeness (QED) is 0.807. The van der Waals surface area contributed by atoms with Crippen LogP contribution in [0.25, 0.3) is 5.78 Å². The lowest BCUT2D eigenvalue weighted by molar-refractivity contribution is 0.0187. The van der Waals surface area contributed by atoms with Crippen LogP contribution in [0, 0.1) is 0 Å². The summed E-state index contributed by atoms with van der Waals surface area (Å²) < 4.78 is 13.0. The molecule has 2 aromatic heterocycles. The molecule has 1 saturated carbocycles. The molecule has 0 radical (unpaired) electrons. The summed E-state index contributed by atoms with van der Waals surface area (Å²) in [4.78, 5) is 8.09. The van der Waals surface area contributed by atoms with Gasteiger partial charge in [-0.3, -0.25) is 0 Å². The Labute approximate surface area is 115 Å². The maximum atomic E-state index is 6.00. The summed E-state index contributed by atoms with van der Waals surface area (Å²) >= 11 is 5.96. The standard InChI is InChI=1S/C12H15ClN4O2/c1-18-8-3-2-4-9(5-8)19-11-6-10(13)16-12-14-7-15-17(11)12/h6-9H,2-5H2,1H3. The average Bonchev–Trinajstić information content (AvgIpc) is 2.87. The zero-order valence-corrected chi connectivity index (χ0v) is 11.4. The number of ether oxygens (including phenoxy) is 2. The maximum Gasteiger partial charge on any atom is 0.256 e. The summed E-state index contributed by atoms with van der Waals surface area (Å²) in [6, 6.07) is 1.67. The summed E-state index contributed by atoms with van der Waals surface area (Å²) in [6.45, 7) is 0. The highest BCUT2D eigenvalue weighted by Crippen LogP contribution is 2.26. The lowest BCUT2D eigenvalue weighted by Gasteiger charge is -2.28. The molecule has 2 aromatic rings. The molecular formula is C12H15ClN4O2. The van der Waals surface area contributed by atoms with Gasteiger partial charge in [-0.25, -0.2) is 0 Å². The van der Waals surface area contributed by atoms with Gasteiger partial charge in [0, 0.05) is 19.6 Å². The second kappa shape index (κ2) is 5.30. The van der Waals surface area contributed by atoms with Gasteiger partial charge in [-0.2, -0.15) is 19.6 Å². The SMILES string of the molecule is COC1CCCC(Oc2cc(Cl)nc3ncnn23)C1. The third kappa shape index (κ3) is 2.64. The summed E-state index contributed by atoms with van der Waals surface area (Å²) in [5.74, 6) is 1.02. The molecule has 19 heavy (non-hydrogen) atoms. The summed E-state index contributed by atoms with van der Waals surface area (Å²) in [6.07, 6.45) is 5.90. The van der Waals surface area contributed by atoms with Crippen molar-refractivity contribution in [2.75, 3.05) is 7.11 Å². The lowest BCUT2D eigenvalue weighted by Crippen LogP contribution is -2.30. The van der Waals surface area contributed by atoms with Crippen molar-refractivity contribution in [1.82, 2.24) is 19.6 Å². The van der Waals surface area contributed by atoms with Crippen LogP contribution in [0.1, 0.15) is 25.7 Å². The highest BCUT2D eigenvalue weighted by Gasteiger charge is 2.24. The molecule has 0 spiro atoms. The van der Waals surface area contributed by atoms with Gasteiger partial charge in [-0.1, -0.05) is 11.6 Å². The number of methoxy groups -OCH3 is 1. The fourth-order valence-corrected chi connectivity index (χ4v) is 2.60. The second-order valence-electron chi connectivity index (χ2n) is 4.65. The van der Waals surface area contributed by atoms with Crippen LogP contribution >= 0.6 is 11.6 Å². The zero-order valence-electron chi connectivity index (χ0n) is 10.6. The predicted octanol–water partition coefficient (Wildman–Crippen LogP) is 2.11. The first-order chi connectivity index (χ1) is 9.26. The van der Waals surface area contributed by atoms with Gasteiger partial charge in [0.1, 0.15) is 17.6 Å². The topological polar surface area (TPSA) is 61.5 Å². The Hall–Kier alpha value is -1.40. The number of hydrogen-bond acceptors (Lipinski definition) is 5. The predicted molar refractivity (Wildman–Crippen MR) is 69.5 cm³/mol. The number of halogens is 1. The van der Waals surface area contributed by atoms with E-state index in [2.05, 4.69) is 15.1 Å². The molecular weight excluding hydrogens is 268 g/mol. The Bertz CT molecular complexity index is 574. The van der Waals surface area contributed by atoms with Crippen LogP contribution in [0.2, 0.25) is 5.15 Å². The summed E-state index contributed by atoms with van der Waals surface area (Å²) in [7, 11) is 1.74. The normalized spacial score (nSPS) is 23.7. The Kier molecular flexibility index (Phi) is 3.52. The molecule has 1 aliphatic rings. The van der Waals surface area contributed by atoms with Crippen LogP contribution in [0.3, 0.4) is 0 Å². The van der Waals surface area contributed by atoms with E-state index in [1.807, 2.05) is 0 Å².